The second kappa shape index (κ2) is 3.72. The number of aromatic amines is 1. The molecule has 0 saturated heterocycles. The van der Waals surface area contributed by atoms with Crippen molar-refractivity contribution in [2.45, 2.75) is 13.5 Å². The smallest absolute Gasteiger partial charge is 0.121 e. The van der Waals surface area contributed by atoms with Gasteiger partial charge in [-0.1, -0.05) is 0 Å². The Morgan fingerprint density at radius 2 is 2.29 bits per heavy atom. The van der Waals surface area contributed by atoms with Gasteiger partial charge in [0.2, 0.25) is 0 Å². The highest BCUT2D eigenvalue weighted by Crippen LogP contribution is 2.22. The largest absolute Gasteiger partial charge is 0.494 e. The van der Waals surface area contributed by atoms with Crippen molar-refractivity contribution in [3.8, 4) is 5.75 Å². The molecule has 3 N–H and O–H groups in total. The van der Waals surface area contributed by atoms with Gasteiger partial charge in [-0.3, -0.25) is 0 Å². The van der Waals surface area contributed by atoms with E-state index in [4.69, 9.17) is 10.5 Å². The van der Waals surface area contributed by atoms with Gasteiger partial charge in [-0.2, -0.15) is 0 Å². The van der Waals surface area contributed by atoms with Gasteiger partial charge in [-0.25, -0.2) is 0 Å². The number of ether oxygens (including phenoxy) is 1. The van der Waals surface area contributed by atoms with Crippen LogP contribution in [0.5, 0.6) is 5.75 Å². The zero-order chi connectivity index (χ0) is 9.97. The van der Waals surface area contributed by atoms with E-state index < -0.39 is 0 Å². The molecule has 0 aliphatic carbocycles. The molecule has 0 aliphatic rings. The van der Waals surface area contributed by atoms with Gasteiger partial charge in [-0.05, 0) is 24.6 Å². The summed E-state index contributed by atoms with van der Waals surface area (Å²) in [5.41, 5.74) is 7.83. The lowest BCUT2D eigenvalue weighted by Crippen LogP contribution is -1.94. The summed E-state index contributed by atoms with van der Waals surface area (Å²) in [5.74, 6) is 0.894. The van der Waals surface area contributed by atoms with Crippen LogP contribution in [0.15, 0.2) is 24.4 Å². The molecule has 0 atom stereocenters. The maximum absolute atomic E-state index is 5.61. The number of aromatic nitrogens is 1. The number of hydrogen-bond acceptors (Lipinski definition) is 2. The Hall–Kier alpha value is -1.48. The monoisotopic (exact) mass is 190 g/mol. The molecule has 0 aliphatic heterocycles. The van der Waals surface area contributed by atoms with Crippen LogP contribution in [0.25, 0.3) is 10.9 Å². The van der Waals surface area contributed by atoms with Gasteiger partial charge in [0.25, 0.3) is 0 Å². The minimum absolute atomic E-state index is 0.563. The molecule has 0 radical (unpaired) electrons. The second-order valence-electron chi connectivity index (χ2n) is 3.16. The Morgan fingerprint density at radius 1 is 1.43 bits per heavy atom. The first kappa shape index (κ1) is 9.09. The fraction of sp³-hybridized carbons (Fsp3) is 0.273. The summed E-state index contributed by atoms with van der Waals surface area (Å²) < 4.78 is 5.41. The SMILES string of the molecule is CCOc1ccc2c(CN)c[nH]c2c1. The topological polar surface area (TPSA) is 51.0 Å². The number of nitrogens with one attached hydrogen (secondary N) is 1. The summed E-state index contributed by atoms with van der Waals surface area (Å²) in [6.45, 7) is 3.23. The molecule has 0 fully saturated rings. The number of hydrogen-bond donors (Lipinski definition) is 2. The Balaban J connectivity index is 2.46. The van der Waals surface area contributed by atoms with Gasteiger partial charge in [0.05, 0.1) is 6.61 Å². The van der Waals surface area contributed by atoms with Crippen LogP contribution >= 0.6 is 0 Å². The lowest BCUT2D eigenvalue weighted by Gasteiger charge is -2.02. The van der Waals surface area contributed by atoms with E-state index in [0.717, 1.165) is 16.8 Å². The molecular formula is C11H14N2O. The summed E-state index contributed by atoms with van der Waals surface area (Å²) in [5, 5.41) is 1.18. The van der Waals surface area contributed by atoms with Crippen LogP contribution in [0.1, 0.15) is 12.5 Å². The van der Waals surface area contributed by atoms with Gasteiger partial charge in [0.15, 0.2) is 0 Å². The van der Waals surface area contributed by atoms with Gasteiger partial charge in [-0.15, -0.1) is 0 Å². The Labute approximate surface area is 82.9 Å². The zero-order valence-electron chi connectivity index (χ0n) is 8.21. The van der Waals surface area contributed by atoms with E-state index in [2.05, 4.69) is 4.98 Å². The first-order valence-corrected chi connectivity index (χ1v) is 4.78. The van der Waals surface area contributed by atoms with Crippen molar-refractivity contribution >= 4 is 10.9 Å². The molecule has 1 aromatic heterocycles. The fourth-order valence-electron chi connectivity index (χ4n) is 1.59. The average molecular weight is 190 g/mol. The summed E-state index contributed by atoms with van der Waals surface area (Å²) >= 11 is 0. The first-order valence-electron chi connectivity index (χ1n) is 4.78. The Bertz CT molecular complexity index is 434. The molecule has 14 heavy (non-hydrogen) atoms. The zero-order valence-corrected chi connectivity index (χ0v) is 8.21. The number of benzene rings is 1. The van der Waals surface area contributed by atoms with Gasteiger partial charge in [0, 0.05) is 29.7 Å². The van der Waals surface area contributed by atoms with Crippen molar-refractivity contribution in [1.29, 1.82) is 0 Å². The van der Waals surface area contributed by atoms with Crippen LogP contribution in [-0.2, 0) is 6.54 Å². The first-order chi connectivity index (χ1) is 6.85. The van der Waals surface area contributed by atoms with Crippen LogP contribution in [0, 0.1) is 0 Å². The number of fused-ring (bicyclic) bond motifs is 1. The number of nitrogens with two attached hydrogens (primary N) is 1. The normalized spacial score (nSPS) is 10.7. The van der Waals surface area contributed by atoms with Crippen LogP contribution in [0.3, 0.4) is 0 Å². The predicted molar refractivity (Wildman–Crippen MR) is 57.4 cm³/mol. The summed E-state index contributed by atoms with van der Waals surface area (Å²) in [6.07, 6.45) is 1.94. The van der Waals surface area contributed by atoms with Crippen molar-refractivity contribution in [2.75, 3.05) is 6.61 Å². The van der Waals surface area contributed by atoms with E-state index >= 15 is 0 Å². The van der Waals surface area contributed by atoms with E-state index in [1.165, 1.54) is 5.39 Å². The minimum Gasteiger partial charge on any atom is -0.494 e. The lowest BCUT2D eigenvalue weighted by molar-refractivity contribution is 0.340. The highest BCUT2D eigenvalue weighted by molar-refractivity contribution is 5.84. The second-order valence-corrected chi connectivity index (χ2v) is 3.16. The van der Waals surface area contributed by atoms with Crippen molar-refractivity contribution in [3.05, 3.63) is 30.0 Å². The summed E-state index contributed by atoms with van der Waals surface area (Å²) in [6, 6.07) is 6.01. The van der Waals surface area contributed by atoms with Crippen molar-refractivity contribution in [1.82, 2.24) is 4.98 Å². The summed E-state index contributed by atoms with van der Waals surface area (Å²) in [4.78, 5) is 3.18. The van der Waals surface area contributed by atoms with Crippen LogP contribution < -0.4 is 10.5 Å². The van der Waals surface area contributed by atoms with Gasteiger partial charge >= 0.3 is 0 Å². The van der Waals surface area contributed by atoms with Crippen molar-refractivity contribution in [3.63, 3.8) is 0 Å². The molecular weight excluding hydrogens is 176 g/mol. The fourth-order valence-corrected chi connectivity index (χ4v) is 1.59. The highest BCUT2D eigenvalue weighted by Gasteiger charge is 2.02. The third-order valence-electron chi connectivity index (χ3n) is 2.27. The molecule has 0 saturated carbocycles. The number of rotatable bonds is 3. The van der Waals surface area contributed by atoms with Crippen molar-refractivity contribution < 1.29 is 4.74 Å². The molecule has 2 aromatic rings. The third-order valence-corrected chi connectivity index (χ3v) is 2.27. The number of H-pyrrole nitrogens is 1. The molecule has 0 unspecified atom stereocenters. The van der Waals surface area contributed by atoms with Crippen LogP contribution in [-0.4, -0.2) is 11.6 Å². The molecule has 3 nitrogen and oxygen atoms in total. The van der Waals surface area contributed by atoms with Crippen molar-refractivity contribution in [2.24, 2.45) is 5.73 Å². The van der Waals surface area contributed by atoms with E-state index in [-0.39, 0.29) is 0 Å². The standard InChI is InChI=1S/C11H14N2O/c1-2-14-9-3-4-10-8(6-12)7-13-11(10)5-9/h3-5,7,13H,2,6,12H2,1H3. The lowest BCUT2D eigenvalue weighted by atomic mass is 10.2. The molecule has 1 aromatic carbocycles. The highest BCUT2D eigenvalue weighted by atomic mass is 16.5. The van der Waals surface area contributed by atoms with E-state index in [0.29, 0.717) is 13.2 Å². The molecule has 2 rings (SSSR count). The molecule has 1 heterocycles. The maximum atomic E-state index is 5.61. The van der Waals surface area contributed by atoms with Crippen LogP contribution in [0.4, 0.5) is 0 Å². The predicted octanol–water partition coefficient (Wildman–Crippen LogP) is 2.03. The van der Waals surface area contributed by atoms with Gasteiger partial charge < -0.3 is 15.5 Å². The van der Waals surface area contributed by atoms with E-state index in [1.54, 1.807) is 0 Å². The average Bonchev–Trinajstić information content (AvgIpc) is 2.60. The Kier molecular flexibility index (Phi) is 2.41. The molecule has 0 bridgehead atoms. The quantitative estimate of drug-likeness (QED) is 0.778. The third kappa shape index (κ3) is 1.46. The van der Waals surface area contributed by atoms with E-state index in [1.807, 2.05) is 31.3 Å². The summed E-state index contributed by atoms with van der Waals surface area (Å²) in [7, 11) is 0. The molecule has 74 valence electrons. The molecule has 3 heteroatoms. The minimum atomic E-state index is 0.563. The maximum Gasteiger partial charge on any atom is 0.121 e. The molecule has 0 amide bonds. The van der Waals surface area contributed by atoms with E-state index in [9.17, 15) is 0 Å². The molecule has 0 spiro atoms. The van der Waals surface area contributed by atoms with Gasteiger partial charge in [0.1, 0.15) is 5.75 Å². The van der Waals surface area contributed by atoms with Crippen LogP contribution in [0.2, 0.25) is 0 Å². The Morgan fingerprint density at radius 3 is 3.00 bits per heavy atom.